The lowest BCUT2D eigenvalue weighted by atomic mass is 10.0. The van der Waals surface area contributed by atoms with Crippen LogP contribution in [0.3, 0.4) is 0 Å². The number of aromatic nitrogens is 7. The smallest absolute Gasteiger partial charge is 0.254 e. The Kier molecular flexibility index (Phi) is 7.25. The van der Waals surface area contributed by atoms with E-state index in [2.05, 4.69) is 30.8 Å². The van der Waals surface area contributed by atoms with Crippen LogP contribution in [0.15, 0.2) is 84.0 Å². The van der Waals surface area contributed by atoms with E-state index in [0.717, 1.165) is 5.56 Å². The Morgan fingerprint density at radius 2 is 1.82 bits per heavy atom. The number of halogens is 2. The van der Waals surface area contributed by atoms with Crippen molar-refractivity contribution < 1.29 is 4.79 Å². The summed E-state index contributed by atoms with van der Waals surface area (Å²) in [6.07, 6.45) is 3.14. The van der Waals surface area contributed by atoms with Gasteiger partial charge in [-0.15, -0.1) is 10.2 Å². The molecule has 1 atom stereocenters. The van der Waals surface area contributed by atoms with Crippen LogP contribution in [0.4, 0.5) is 5.82 Å². The Balaban J connectivity index is 1.53. The van der Waals surface area contributed by atoms with Crippen molar-refractivity contribution in [2.45, 2.75) is 19.4 Å². The predicted octanol–water partition coefficient (Wildman–Crippen LogP) is 4.32. The van der Waals surface area contributed by atoms with Gasteiger partial charge in [-0.25, -0.2) is 9.67 Å². The largest absolute Gasteiger partial charge is 0.307 e. The van der Waals surface area contributed by atoms with Gasteiger partial charge in [-0.2, -0.15) is 5.10 Å². The van der Waals surface area contributed by atoms with Crippen LogP contribution in [-0.4, -0.2) is 40.6 Å². The molecule has 0 saturated heterocycles. The van der Waals surface area contributed by atoms with Gasteiger partial charge in [0.05, 0.1) is 29.6 Å². The van der Waals surface area contributed by atoms with Crippen molar-refractivity contribution >= 4 is 34.9 Å². The van der Waals surface area contributed by atoms with E-state index >= 15 is 0 Å². The van der Waals surface area contributed by atoms with Crippen LogP contribution in [0.1, 0.15) is 17.3 Å². The van der Waals surface area contributed by atoms with Gasteiger partial charge in [-0.05, 0) is 42.8 Å². The standard InChI is InChI=1S/C26H20Cl2N8O2/c1-16-7-10-24(33-31-16)30-26(38)22(11-17-5-3-2-4-6-17)35-15-29-20(13-25(35)37)19-12-18(27)8-9-21(19)36-14-23(28)32-34-36/h2-10,12-15,22H,11H2,1H3,(H,30,33,38)/t22-/m0/s1. The van der Waals surface area contributed by atoms with Crippen molar-refractivity contribution in [2.75, 3.05) is 5.32 Å². The molecule has 1 N–H and O–H groups in total. The Morgan fingerprint density at radius 1 is 1.00 bits per heavy atom. The SMILES string of the molecule is Cc1ccc(NC(=O)[C@H](Cc2ccccc2)n2cnc(-c3cc(Cl)ccc3-n3cc(Cl)nn3)cc2=O)nn1. The minimum Gasteiger partial charge on any atom is -0.307 e. The van der Waals surface area contributed by atoms with E-state index in [1.807, 2.05) is 30.3 Å². The number of anilines is 1. The number of benzene rings is 2. The van der Waals surface area contributed by atoms with Crippen molar-refractivity contribution in [3.63, 3.8) is 0 Å². The van der Waals surface area contributed by atoms with E-state index < -0.39 is 17.5 Å². The van der Waals surface area contributed by atoms with Crippen molar-refractivity contribution in [1.29, 1.82) is 0 Å². The number of nitrogens with one attached hydrogen (secondary N) is 1. The quantitative estimate of drug-likeness (QED) is 0.322. The fraction of sp³-hybridized carbons (Fsp3) is 0.115. The normalized spacial score (nSPS) is 11.8. The molecule has 0 aliphatic carbocycles. The van der Waals surface area contributed by atoms with Crippen molar-refractivity contribution in [1.82, 2.24) is 34.7 Å². The monoisotopic (exact) mass is 546 g/mol. The van der Waals surface area contributed by atoms with Gasteiger partial charge in [0.1, 0.15) is 6.04 Å². The van der Waals surface area contributed by atoms with E-state index in [0.29, 0.717) is 27.7 Å². The summed E-state index contributed by atoms with van der Waals surface area (Å²) in [4.78, 5) is 31.3. The average Bonchev–Trinajstić information content (AvgIpc) is 3.35. The second-order valence-electron chi connectivity index (χ2n) is 8.42. The van der Waals surface area contributed by atoms with E-state index in [9.17, 15) is 9.59 Å². The maximum atomic E-state index is 13.4. The summed E-state index contributed by atoms with van der Waals surface area (Å²) >= 11 is 12.2. The molecule has 0 aliphatic rings. The van der Waals surface area contributed by atoms with E-state index in [-0.39, 0.29) is 17.4 Å². The topological polar surface area (TPSA) is 120 Å². The number of hydrogen-bond acceptors (Lipinski definition) is 7. The molecule has 10 nitrogen and oxygen atoms in total. The highest BCUT2D eigenvalue weighted by Crippen LogP contribution is 2.28. The maximum absolute atomic E-state index is 13.4. The number of carbonyl (C=O) groups is 1. The predicted molar refractivity (Wildman–Crippen MR) is 143 cm³/mol. The second kappa shape index (κ2) is 10.9. The lowest BCUT2D eigenvalue weighted by Crippen LogP contribution is -2.35. The molecule has 1 amide bonds. The van der Waals surface area contributed by atoms with Gasteiger partial charge >= 0.3 is 0 Å². The molecule has 190 valence electrons. The molecule has 38 heavy (non-hydrogen) atoms. The molecule has 3 heterocycles. The van der Waals surface area contributed by atoms with E-state index in [1.54, 1.807) is 37.3 Å². The summed E-state index contributed by atoms with van der Waals surface area (Å²) in [7, 11) is 0. The number of carbonyl (C=O) groups excluding carboxylic acids is 1. The number of amides is 1. The molecule has 0 fully saturated rings. The average molecular weight is 547 g/mol. The highest BCUT2D eigenvalue weighted by atomic mass is 35.5. The lowest BCUT2D eigenvalue weighted by Gasteiger charge is -2.19. The molecular weight excluding hydrogens is 527 g/mol. The van der Waals surface area contributed by atoms with Gasteiger partial charge in [0.25, 0.3) is 5.56 Å². The lowest BCUT2D eigenvalue weighted by molar-refractivity contribution is -0.119. The second-order valence-corrected chi connectivity index (χ2v) is 9.25. The van der Waals surface area contributed by atoms with Crippen molar-refractivity contribution in [3.05, 3.63) is 111 Å². The molecule has 5 aromatic rings. The Hall–Kier alpha value is -4.41. The third-order valence-electron chi connectivity index (χ3n) is 5.74. The highest BCUT2D eigenvalue weighted by molar-refractivity contribution is 6.31. The first kappa shape index (κ1) is 25.2. The molecule has 3 aromatic heterocycles. The molecular formula is C26H20Cl2N8O2. The summed E-state index contributed by atoms with van der Waals surface area (Å²) in [5, 5.41) is 19.2. The third kappa shape index (κ3) is 5.61. The first-order valence-corrected chi connectivity index (χ1v) is 12.2. The molecule has 5 rings (SSSR count). The zero-order valence-corrected chi connectivity index (χ0v) is 21.5. The Labute approximate surface area is 226 Å². The molecule has 2 aromatic carbocycles. The first-order valence-electron chi connectivity index (χ1n) is 11.5. The number of aryl methyl sites for hydroxylation is 1. The first-order chi connectivity index (χ1) is 18.4. The minimum atomic E-state index is -0.900. The van der Waals surface area contributed by atoms with Gasteiger partial charge in [0.15, 0.2) is 11.0 Å². The zero-order chi connectivity index (χ0) is 26.6. The molecule has 0 aliphatic heterocycles. The van der Waals surface area contributed by atoms with Gasteiger partial charge < -0.3 is 5.32 Å². The highest BCUT2D eigenvalue weighted by Gasteiger charge is 2.24. The van der Waals surface area contributed by atoms with Crippen LogP contribution in [0, 0.1) is 6.92 Å². The summed E-state index contributed by atoms with van der Waals surface area (Å²) in [6.45, 7) is 1.80. The van der Waals surface area contributed by atoms with Crippen LogP contribution in [0.5, 0.6) is 0 Å². The van der Waals surface area contributed by atoms with Gasteiger partial charge in [0, 0.05) is 23.1 Å². The molecule has 0 bridgehead atoms. The van der Waals surface area contributed by atoms with Gasteiger partial charge in [-0.3, -0.25) is 14.2 Å². The fourth-order valence-electron chi connectivity index (χ4n) is 3.90. The van der Waals surface area contributed by atoms with Crippen LogP contribution >= 0.6 is 23.2 Å². The van der Waals surface area contributed by atoms with Crippen LogP contribution < -0.4 is 10.9 Å². The zero-order valence-electron chi connectivity index (χ0n) is 20.0. The van der Waals surface area contributed by atoms with Gasteiger partial charge in [0.2, 0.25) is 5.91 Å². The van der Waals surface area contributed by atoms with E-state index in [1.165, 1.54) is 27.8 Å². The van der Waals surface area contributed by atoms with Crippen LogP contribution in [-0.2, 0) is 11.2 Å². The summed E-state index contributed by atoms with van der Waals surface area (Å²) in [5.74, 6) is -0.143. The molecule has 0 radical (unpaired) electrons. The van der Waals surface area contributed by atoms with Crippen LogP contribution in [0.2, 0.25) is 10.2 Å². The van der Waals surface area contributed by atoms with E-state index in [4.69, 9.17) is 23.2 Å². The van der Waals surface area contributed by atoms with Crippen molar-refractivity contribution in [3.8, 4) is 16.9 Å². The van der Waals surface area contributed by atoms with Crippen LogP contribution in [0.25, 0.3) is 16.9 Å². The summed E-state index contributed by atoms with van der Waals surface area (Å²) < 4.78 is 2.76. The number of nitrogens with zero attached hydrogens (tertiary/aromatic N) is 7. The minimum absolute atomic E-state index is 0.210. The molecule has 0 unspecified atom stereocenters. The fourth-order valence-corrected chi connectivity index (χ4v) is 4.19. The van der Waals surface area contributed by atoms with Gasteiger partial charge in [-0.1, -0.05) is 58.7 Å². The third-order valence-corrected chi connectivity index (χ3v) is 6.15. The summed E-state index contributed by atoms with van der Waals surface area (Å²) in [6, 6.07) is 18.3. The van der Waals surface area contributed by atoms with Crippen molar-refractivity contribution in [2.24, 2.45) is 0 Å². The Bertz CT molecular complexity index is 1650. The maximum Gasteiger partial charge on any atom is 0.254 e. The molecule has 12 heteroatoms. The Morgan fingerprint density at radius 3 is 2.50 bits per heavy atom. The number of hydrogen-bond donors (Lipinski definition) is 1. The molecule has 0 saturated carbocycles. The number of rotatable bonds is 7. The summed E-state index contributed by atoms with van der Waals surface area (Å²) in [5.41, 5.74) is 2.63. The molecule has 0 spiro atoms.